The van der Waals surface area contributed by atoms with E-state index in [9.17, 15) is 4.79 Å². The molecule has 8 nitrogen and oxygen atoms in total. The normalized spacial score (nSPS) is 18.5. The smallest absolute Gasteiger partial charge is 0.261 e. The Kier molecular flexibility index (Phi) is 8.10. The van der Waals surface area contributed by atoms with E-state index in [0.717, 1.165) is 51.0 Å². The highest BCUT2D eigenvalue weighted by Gasteiger charge is 2.22. The molecule has 0 spiro atoms. The Morgan fingerprint density at radius 1 is 1.11 bits per heavy atom. The molecule has 5 rings (SSSR count). The monoisotopic (exact) mass is 539 g/mol. The van der Waals surface area contributed by atoms with Crippen molar-refractivity contribution >= 4 is 52.3 Å². The number of hydrogen-bond donors (Lipinski definition) is 4. The number of likely N-dealkylation sites (N-methyl/N-ethyl adjacent to an activating group) is 1. The second kappa shape index (κ2) is 11.6. The van der Waals surface area contributed by atoms with Crippen molar-refractivity contribution < 1.29 is 4.79 Å². The van der Waals surface area contributed by atoms with Crippen LogP contribution in [-0.4, -0.2) is 53.5 Å². The minimum atomic E-state index is -0.356. The van der Waals surface area contributed by atoms with Gasteiger partial charge in [-0.2, -0.15) is 4.98 Å². The van der Waals surface area contributed by atoms with Crippen LogP contribution in [-0.2, 0) is 0 Å². The predicted octanol–water partition coefficient (Wildman–Crippen LogP) is 5.71. The number of carbonyl (C=O) groups excluding carboxylic acids is 1. The van der Waals surface area contributed by atoms with Gasteiger partial charge in [0.1, 0.15) is 11.4 Å². The topological polar surface area (TPSA) is 94.2 Å². The van der Waals surface area contributed by atoms with Gasteiger partial charge in [-0.25, -0.2) is 4.98 Å². The molecule has 37 heavy (non-hydrogen) atoms. The van der Waals surface area contributed by atoms with Crippen LogP contribution in [0.2, 0.25) is 10.0 Å². The van der Waals surface area contributed by atoms with E-state index >= 15 is 0 Å². The highest BCUT2D eigenvalue weighted by molar-refractivity contribution is 6.44. The third-order valence-corrected chi connectivity index (χ3v) is 7.81. The van der Waals surface area contributed by atoms with Crippen LogP contribution in [0.1, 0.15) is 47.6 Å². The maximum Gasteiger partial charge on any atom is 0.261 e. The number of nitrogens with zero attached hydrogens (tertiary/aromatic N) is 3. The number of nitrogens with one attached hydrogen (secondary N) is 4. The summed E-state index contributed by atoms with van der Waals surface area (Å²) in [5.41, 5.74) is 2.92. The molecule has 2 heterocycles. The Labute approximate surface area is 227 Å². The minimum absolute atomic E-state index is 0.268. The van der Waals surface area contributed by atoms with Crippen LogP contribution in [0.25, 0.3) is 0 Å². The van der Waals surface area contributed by atoms with Gasteiger partial charge >= 0.3 is 0 Å². The van der Waals surface area contributed by atoms with E-state index < -0.39 is 0 Å². The number of anilines is 4. The standard InChI is InChI=1S/C27H31Cl2N7O/c1-36-14-13-30-16-23(36)17-9-11-19(12-10-17)33-27-31-15-20(25(35-27)32-18-5-2-3-6-18)26(37)34-22-8-4-7-21(28)24(22)29/h4,7-12,15,18,23,30H,2-3,5-6,13-14,16H2,1H3,(H,34,37)(H2,31,32,33,35). The fourth-order valence-corrected chi connectivity index (χ4v) is 5.22. The van der Waals surface area contributed by atoms with Gasteiger partial charge in [-0.05, 0) is 49.7 Å². The summed E-state index contributed by atoms with van der Waals surface area (Å²) < 4.78 is 0. The molecule has 10 heteroatoms. The lowest BCUT2D eigenvalue weighted by Crippen LogP contribution is -2.43. The maximum absolute atomic E-state index is 13.2. The molecule has 1 amide bonds. The van der Waals surface area contributed by atoms with Crippen LogP contribution in [0.15, 0.2) is 48.7 Å². The lowest BCUT2D eigenvalue weighted by molar-refractivity contribution is 0.102. The molecule has 2 fully saturated rings. The third-order valence-electron chi connectivity index (χ3n) is 6.99. The Morgan fingerprint density at radius 3 is 2.65 bits per heavy atom. The summed E-state index contributed by atoms with van der Waals surface area (Å²) >= 11 is 12.4. The van der Waals surface area contributed by atoms with Crippen LogP contribution in [0.3, 0.4) is 0 Å². The molecule has 0 radical (unpaired) electrons. The highest BCUT2D eigenvalue weighted by atomic mass is 35.5. The summed E-state index contributed by atoms with van der Waals surface area (Å²) in [5, 5.41) is 13.7. The SMILES string of the molecule is CN1CCNCC1c1ccc(Nc2ncc(C(=O)Nc3cccc(Cl)c3Cl)c(NC3CCCC3)n2)cc1. The summed E-state index contributed by atoms with van der Waals surface area (Å²) in [6.07, 6.45) is 5.94. The molecule has 1 aliphatic carbocycles. The fraction of sp³-hybridized carbons (Fsp3) is 0.370. The molecule has 1 aliphatic heterocycles. The largest absolute Gasteiger partial charge is 0.367 e. The number of benzene rings is 2. The van der Waals surface area contributed by atoms with Gasteiger partial charge in [-0.1, -0.05) is 54.2 Å². The van der Waals surface area contributed by atoms with Crippen LogP contribution >= 0.6 is 23.2 Å². The van der Waals surface area contributed by atoms with E-state index in [2.05, 4.69) is 55.3 Å². The molecular weight excluding hydrogens is 509 g/mol. The lowest BCUT2D eigenvalue weighted by Gasteiger charge is -2.33. The van der Waals surface area contributed by atoms with E-state index in [1.165, 1.54) is 11.8 Å². The second-order valence-electron chi connectivity index (χ2n) is 9.58. The van der Waals surface area contributed by atoms with E-state index in [4.69, 9.17) is 23.2 Å². The molecule has 2 aliphatic rings. The van der Waals surface area contributed by atoms with E-state index in [1.807, 2.05) is 12.1 Å². The molecule has 1 saturated heterocycles. The lowest BCUT2D eigenvalue weighted by atomic mass is 10.0. The number of halogens is 2. The summed E-state index contributed by atoms with van der Waals surface area (Å²) in [6.45, 7) is 2.98. The first-order valence-corrected chi connectivity index (χ1v) is 13.4. The second-order valence-corrected chi connectivity index (χ2v) is 10.4. The Balaban J connectivity index is 1.35. The summed E-state index contributed by atoms with van der Waals surface area (Å²) in [6, 6.07) is 14.1. The highest BCUT2D eigenvalue weighted by Crippen LogP contribution is 2.31. The number of amides is 1. The number of rotatable bonds is 7. The average molecular weight is 540 g/mol. The van der Waals surface area contributed by atoms with Gasteiger partial charge in [0.25, 0.3) is 5.91 Å². The van der Waals surface area contributed by atoms with Crippen LogP contribution < -0.4 is 21.3 Å². The molecule has 1 aromatic heterocycles. The van der Waals surface area contributed by atoms with Gasteiger partial charge in [0.05, 0.1) is 15.7 Å². The molecule has 3 aromatic rings. The summed E-state index contributed by atoms with van der Waals surface area (Å²) in [7, 11) is 2.16. The molecule has 1 saturated carbocycles. The van der Waals surface area contributed by atoms with Gasteiger partial charge in [0.2, 0.25) is 5.95 Å². The van der Waals surface area contributed by atoms with Gasteiger partial charge in [0, 0.05) is 43.6 Å². The van der Waals surface area contributed by atoms with E-state index in [1.54, 1.807) is 18.2 Å². The van der Waals surface area contributed by atoms with Crippen molar-refractivity contribution in [1.29, 1.82) is 0 Å². The molecule has 1 atom stereocenters. The Hall–Kier alpha value is -2.91. The average Bonchev–Trinajstić information content (AvgIpc) is 3.41. The van der Waals surface area contributed by atoms with Crippen molar-refractivity contribution in [2.75, 3.05) is 42.6 Å². The molecule has 1 unspecified atom stereocenters. The van der Waals surface area contributed by atoms with Crippen molar-refractivity contribution in [1.82, 2.24) is 20.2 Å². The molecular formula is C27H31Cl2N7O. The Bertz CT molecular complexity index is 1250. The number of hydrogen-bond acceptors (Lipinski definition) is 7. The third kappa shape index (κ3) is 6.15. The van der Waals surface area contributed by atoms with Gasteiger partial charge < -0.3 is 21.3 Å². The number of piperazine rings is 1. The molecule has 0 bridgehead atoms. The zero-order valence-electron chi connectivity index (χ0n) is 20.7. The van der Waals surface area contributed by atoms with Crippen molar-refractivity contribution in [3.8, 4) is 0 Å². The summed E-state index contributed by atoms with van der Waals surface area (Å²) in [5.74, 6) is 0.555. The van der Waals surface area contributed by atoms with Gasteiger partial charge in [-0.3, -0.25) is 9.69 Å². The number of aromatic nitrogens is 2. The first kappa shape index (κ1) is 25.7. The maximum atomic E-state index is 13.2. The zero-order chi connectivity index (χ0) is 25.8. The van der Waals surface area contributed by atoms with Crippen molar-refractivity contribution in [3.05, 3.63) is 69.8 Å². The van der Waals surface area contributed by atoms with E-state index in [-0.39, 0.29) is 11.9 Å². The minimum Gasteiger partial charge on any atom is -0.367 e. The predicted molar refractivity (Wildman–Crippen MR) is 150 cm³/mol. The van der Waals surface area contributed by atoms with Crippen molar-refractivity contribution in [3.63, 3.8) is 0 Å². The molecule has 194 valence electrons. The van der Waals surface area contributed by atoms with Crippen molar-refractivity contribution in [2.24, 2.45) is 0 Å². The summed E-state index contributed by atoms with van der Waals surface area (Å²) in [4.78, 5) is 24.7. The van der Waals surface area contributed by atoms with Crippen LogP contribution in [0, 0.1) is 0 Å². The van der Waals surface area contributed by atoms with Crippen LogP contribution in [0.5, 0.6) is 0 Å². The molecule has 4 N–H and O–H groups in total. The Morgan fingerprint density at radius 2 is 1.89 bits per heavy atom. The van der Waals surface area contributed by atoms with Gasteiger partial charge in [0.15, 0.2) is 0 Å². The fourth-order valence-electron chi connectivity index (χ4n) is 4.87. The first-order valence-electron chi connectivity index (χ1n) is 12.6. The first-order chi connectivity index (χ1) is 18.0. The quantitative estimate of drug-likeness (QED) is 0.305. The van der Waals surface area contributed by atoms with Crippen LogP contribution in [0.4, 0.5) is 23.1 Å². The zero-order valence-corrected chi connectivity index (χ0v) is 22.2. The molecule has 2 aromatic carbocycles. The van der Waals surface area contributed by atoms with E-state index in [0.29, 0.717) is 39.1 Å². The van der Waals surface area contributed by atoms with Crippen molar-refractivity contribution in [2.45, 2.75) is 37.8 Å². The van der Waals surface area contributed by atoms with Gasteiger partial charge in [-0.15, -0.1) is 0 Å². The number of carbonyl (C=O) groups is 1.